The molecule has 2 aliphatic heterocycles. The molecule has 2 atom stereocenters. The van der Waals surface area contributed by atoms with Crippen molar-refractivity contribution in [1.29, 1.82) is 0 Å². The highest BCUT2D eigenvalue weighted by Gasteiger charge is 2.42. The predicted molar refractivity (Wildman–Crippen MR) is 169 cm³/mol. The topological polar surface area (TPSA) is 108 Å². The molecule has 2 fully saturated rings. The minimum absolute atomic E-state index is 0. The molecule has 0 spiro atoms. The normalized spacial score (nSPS) is 17.7. The van der Waals surface area contributed by atoms with Crippen LogP contribution in [-0.4, -0.2) is 106 Å². The molecule has 2 saturated heterocycles. The maximum absolute atomic E-state index is 13.6. The first kappa shape index (κ1) is 29.2. The van der Waals surface area contributed by atoms with Crippen LogP contribution >= 0.6 is 11.3 Å². The summed E-state index contributed by atoms with van der Waals surface area (Å²) in [6.45, 7) is 10.6. The summed E-state index contributed by atoms with van der Waals surface area (Å²) in [6, 6.07) is 9.46. The fourth-order valence-electron chi connectivity index (χ4n) is 5.76. The second kappa shape index (κ2) is 12.4. The Morgan fingerprint density at radius 3 is 2.67 bits per heavy atom. The van der Waals surface area contributed by atoms with Crippen LogP contribution in [0.15, 0.2) is 48.1 Å². The summed E-state index contributed by atoms with van der Waals surface area (Å²) in [5, 5.41) is 9.67. The highest BCUT2D eigenvalue weighted by Crippen LogP contribution is 2.33. The number of ether oxygens (including phenoxy) is 1. The summed E-state index contributed by atoms with van der Waals surface area (Å²) in [7, 11) is 1.67. The third kappa shape index (κ3) is 5.74. The van der Waals surface area contributed by atoms with E-state index >= 15 is 0 Å². The number of nitrogens with one attached hydrogen (secondary N) is 1. The molecule has 4 aromatic rings. The zero-order valence-electron chi connectivity index (χ0n) is 25.1. The van der Waals surface area contributed by atoms with Gasteiger partial charge in [-0.2, -0.15) is 5.10 Å². The SMILES string of the molecule is CCN(CC)[C@@H](C)CNC(=O)c1cc(-c2cnn3ccc(-c4cccs4)nc23)nc(N2CC[C@H]2C(=O)N2CC(OC)C2)c1.[HH]. The third-order valence-corrected chi connectivity index (χ3v) is 9.47. The quantitative estimate of drug-likeness (QED) is 0.276. The van der Waals surface area contributed by atoms with Crippen molar-refractivity contribution in [3.05, 3.63) is 53.7 Å². The minimum Gasteiger partial charge on any atom is -0.378 e. The van der Waals surface area contributed by atoms with E-state index in [0.717, 1.165) is 35.6 Å². The van der Waals surface area contributed by atoms with Crippen LogP contribution in [0.4, 0.5) is 5.82 Å². The molecule has 6 heterocycles. The Bertz CT molecular complexity index is 1600. The van der Waals surface area contributed by atoms with Gasteiger partial charge >= 0.3 is 0 Å². The first-order valence-electron chi connectivity index (χ1n) is 14.9. The number of nitrogens with zero attached hydrogens (tertiary/aromatic N) is 7. The number of anilines is 1. The number of pyridine rings is 1. The first-order chi connectivity index (χ1) is 20.9. The first-order valence-corrected chi connectivity index (χ1v) is 15.8. The van der Waals surface area contributed by atoms with Crippen molar-refractivity contribution in [2.24, 2.45) is 0 Å². The Morgan fingerprint density at radius 2 is 2.00 bits per heavy atom. The molecule has 0 radical (unpaired) electrons. The number of hydrogen-bond donors (Lipinski definition) is 1. The number of amides is 2. The highest BCUT2D eigenvalue weighted by molar-refractivity contribution is 7.13. The van der Waals surface area contributed by atoms with Crippen molar-refractivity contribution in [2.45, 2.75) is 45.4 Å². The van der Waals surface area contributed by atoms with Crippen molar-refractivity contribution in [1.82, 2.24) is 34.7 Å². The summed E-state index contributed by atoms with van der Waals surface area (Å²) >= 11 is 1.62. The summed E-state index contributed by atoms with van der Waals surface area (Å²) in [5.74, 6) is 0.493. The lowest BCUT2D eigenvalue weighted by Crippen LogP contribution is -2.63. The van der Waals surface area contributed by atoms with Crippen LogP contribution in [0.1, 0.15) is 39.0 Å². The number of hydrogen-bond acceptors (Lipinski definition) is 9. The Kier molecular flexibility index (Phi) is 8.42. The van der Waals surface area contributed by atoms with Crippen LogP contribution in [0.3, 0.4) is 0 Å². The molecule has 0 bridgehead atoms. The molecular weight excluding hydrogens is 564 g/mol. The number of carbonyl (C=O) groups excluding carboxylic acids is 2. The van der Waals surface area contributed by atoms with Gasteiger partial charge in [-0.25, -0.2) is 14.5 Å². The molecule has 11 nitrogen and oxygen atoms in total. The molecule has 1 N–H and O–H groups in total. The Morgan fingerprint density at radius 1 is 1.19 bits per heavy atom. The van der Waals surface area contributed by atoms with E-state index in [0.29, 0.717) is 48.9 Å². The summed E-state index contributed by atoms with van der Waals surface area (Å²) in [6.07, 6.45) is 4.46. The fraction of sp³-hybridized carbons (Fsp3) is 0.452. The zero-order valence-corrected chi connectivity index (χ0v) is 25.9. The molecule has 0 unspecified atom stereocenters. The molecule has 12 heteroatoms. The van der Waals surface area contributed by atoms with Gasteiger partial charge < -0.3 is 19.9 Å². The lowest BCUT2D eigenvalue weighted by atomic mass is 9.98. The van der Waals surface area contributed by atoms with Crippen molar-refractivity contribution < 1.29 is 15.8 Å². The van der Waals surface area contributed by atoms with Gasteiger partial charge in [-0.05, 0) is 56.1 Å². The van der Waals surface area contributed by atoms with Crippen LogP contribution in [0, 0.1) is 0 Å². The summed E-state index contributed by atoms with van der Waals surface area (Å²) in [5.41, 5.74) is 3.30. The smallest absolute Gasteiger partial charge is 0.251 e. The van der Waals surface area contributed by atoms with Crippen molar-refractivity contribution in [3.8, 4) is 21.8 Å². The summed E-state index contributed by atoms with van der Waals surface area (Å²) < 4.78 is 7.08. The molecule has 6 rings (SSSR count). The number of thiophene rings is 1. The molecule has 228 valence electrons. The Hall–Kier alpha value is -3.87. The highest BCUT2D eigenvalue weighted by atomic mass is 32.1. The van der Waals surface area contributed by atoms with Crippen molar-refractivity contribution >= 4 is 34.6 Å². The fourth-order valence-corrected chi connectivity index (χ4v) is 6.45. The number of methoxy groups -OCH3 is 1. The summed E-state index contributed by atoms with van der Waals surface area (Å²) in [4.78, 5) is 44.0. The van der Waals surface area contributed by atoms with E-state index in [1.807, 2.05) is 39.6 Å². The largest absolute Gasteiger partial charge is 0.378 e. The molecule has 0 aliphatic carbocycles. The maximum Gasteiger partial charge on any atom is 0.251 e. The average molecular weight is 605 g/mol. The number of likely N-dealkylation sites (tertiary alicyclic amines) is 1. The van der Waals surface area contributed by atoms with E-state index in [9.17, 15) is 9.59 Å². The van der Waals surface area contributed by atoms with E-state index in [4.69, 9.17) is 14.7 Å². The van der Waals surface area contributed by atoms with E-state index in [1.54, 1.807) is 41.3 Å². The van der Waals surface area contributed by atoms with Gasteiger partial charge in [0.05, 0.1) is 34.1 Å². The average Bonchev–Trinajstić information content (AvgIpc) is 3.65. The van der Waals surface area contributed by atoms with Gasteiger partial charge in [-0.1, -0.05) is 19.9 Å². The number of aromatic nitrogens is 4. The van der Waals surface area contributed by atoms with Gasteiger partial charge in [-0.15, -0.1) is 11.3 Å². The standard InChI is InChI=1S/C31H38N8O3S.H2/c1-5-36(6-2)20(3)16-32-30(40)21-14-25(23-17-33-39-12-9-24(35-29(23)39)27-8-7-13-43-27)34-28(15-21)38-11-10-26(38)31(41)37-18-22(19-37)42-4;/h7-9,12-15,17,20,22,26H,5-6,10-11,16,18-19H2,1-4H3,(H,32,40);1H/t20-,26-;/m0./s1. The van der Waals surface area contributed by atoms with E-state index in [-0.39, 0.29) is 31.4 Å². The van der Waals surface area contributed by atoms with Gasteiger partial charge in [0.15, 0.2) is 5.65 Å². The van der Waals surface area contributed by atoms with E-state index in [1.165, 1.54) is 0 Å². The van der Waals surface area contributed by atoms with E-state index in [2.05, 4.69) is 36.1 Å². The van der Waals surface area contributed by atoms with Crippen LogP contribution in [0.25, 0.3) is 27.5 Å². The minimum atomic E-state index is -0.313. The molecule has 0 aromatic carbocycles. The molecule has 2 aliphatic rings. The molecule has 2 amide bonds. The third-order valence-electron chi connectivity index (χ3n) is 8.58. The van der Waals surface area contributed by atoms with Gasteiger partial charge in [0.2, 0.25) is 5.91 Å². The van der Waals surface area contributed by atoms with Crippen molar-refractivity contribution in [3.63, 3.8) is 0 Å². The zero-order chi connectivity index (χ0) is 30.1. The van der Waals surface area contributed by atoms with E-state index < -0.39 is 0 Å². The number of carbonyl (C=O) groups is 2. The van der Waals surface area contributed by atoms with Crippen LogP contribution < -0.4 is 10.2 Å². The Balaban J connectivity index is 0.00000384. The second-order valence-electron chi connectivity index (χ2n) is 11.1. The maximum atomic E-state index is 13.6. The molecule has 43 heavy (non-hydrogen) atoms. The van der Waals surface area contributed by atoms with Crippen LogP contribution in [-0.2, 0) is 9.53 Å². The number of likely N-dealkylation sites (N-methyl/N-ethyl adjacent to an activating group) is 1. The molecule has 4 aromatic heterocycles. The lowest BCUT2D eigenvalue weighted by molar-refractivity contribution is -0.145. The molecule has 0 saturated carbocycles. The molecular formula is C31H40N8O3S. The van der Waals surface area contributed by atoms with Gasteiger partial charge in [-0.3, -0.25) is 14.5 Å². The lowest BCUT2D eigenvalue weighted by Gasteiger charge is -2.47. The monoisotopic (exact) mass is 604 g/mol. The number of fused-ring (bicyclic) bond motifs is 1. The van der Waals surface area contributed by atoms with Gasteiger partial charge in [0.25, 0.3) is 5.91 Å². The van der Waals surface area contributed by atoms with Gasteiger partial charge in [0, 0.05) is 52.5 Å². The van der Waals surface area contributed by atoms with Crippen LogP contribution in [0.2, 0.25) is 0 Å². The van der Waals surface area contributed by atoms with Crippen molar-refractivity contribution in [2.75, 3.05) is 51.3 Å². The predicted octanol–water partition coefficient (Wildman–Crippen LogP) is 3.66. The second-order valence-corrected chi connectivity index (χ2v) is 12.0. The van der Waals surface area contributed by atoms with Crippen LogP contribution in [0.5, 0.6) is 0 Å². The van der Waals surface area contributed by atoms with Gasteiger partial charge in [0.1, 0.15) is 11.9 Å². The number of rotatable bonds is 11. The Labute approximate surface area is 257 Å².